The molecule has 8 nitrogen and oxygen atoms in total. The quantitative estimate of drug-likeness (QED) is 0.751. The van der Waals surface area contributed by atoms with Crippen LogP contribution in [0, 0.1) is 0 Å². The third-order valence-corrected chi connectivity index (χ3v) is 6.05. The molecule has 3 heterocycles. The maximum atomic E-state index is 12.5. The van der Waals surface area contributed by atoms with Crippen molar-refractivity contribution in [1.82, 2.24) is 24.9 Å². The van der Waals surface area contributed by atoms with Gasteiger partial charge < -0.3 is 14.3 Å². The van der Waals surface area contributed by atoms with Crippen molar-refractivity contribution in [3.63, 3.8) is 0 Å². The first kappa shape index (κ1) is 18.1. The smallest absolute Gasteiger partial charge is 0.273 e. The second-order valence-electron chi connectivity index (χ2n) is 7.21. The van der Waals surface area contributed by atoms with Gasteiger partial charge >= 0.3 is 0 Å². The van der Waals surface area contributed by atoms with Gasteiger partial charge in [-0.05, 0) is 19.3 Å². The van der Waals surface area contributed by atoms with E-state index in [1.807, 2.05) is 4.90 Å². The minimum Gasteiger partial charge on any atom is -0.339 e. The summed E-state index contributed by atoms with van der Waals surface area (Å²) in [7, 11) is 0. The van der Waals surface area contributed by atoms with Gasteiger partial charge in [-0.25, -0.2) is 4.98 Å². The van der Waals surface area contributed by atoms with Crippen LogP contribution in [0.15, 0.2) is 15.4 Å². The number of rotatable bonds is 6. The summed E-state index contributed by atoms with van der Waals surface area (Å²) < 4.78 is 5.35. The number of carbonyl (C=O) groups is 2. The molecule has 0 N–H and O–H groups in total. The molecule has 1 atom stereocenters. The van der Waals surface area contributed by atoms with Gasteiger partial charge in [0, 0.05) is 44.3 Å². The number of carbonyl (C=O) groups excluding carboxylic acids is 2. The molecule has 2 amide bonds. The second-order valence-corrected chi connectivity index (χ2v) is 7.93. The van der Waals surface area contributed by atoms with Crippen molar-refractivity contribution in [2.24, 2.45) is 0 Å². The normalized spacial score (nSPS) is 19.9. The predicted molar refractivity (Wildman–Crippen MR) is 98.4 cm³/mol. The lowest BCUT2D eigenvalue weighted by Crippen LogP contribution is -2.42. The highest BCUT2D eigenvalue weighted by molar-refractivity contribution is 7.07. The van der Waals surface area contributed by atoms with Crippen molar-refractivity contribution in [3.8, 4) is 0 Å². The lowest BCUT2D eigenvalue weighted by atomic mass is 9.85. The summed E-state index contributed by atoms with van der Waals surface area (Å²) >= 11 is 1.41. The third kappa shape index (κ3) is 3.87. The number of likely N-dealkylation sites (tertiary alicyclic amines) is 1. The Balaban J connectivity index is 1.34. The zero-order valence-electron chi connectivity index (χ0n) is 15.3. The Morgan fingerprint density at radius 2 is 2.22 bits per heavy atom. The Bertz CT molecular complexity index is 802. The van der Waals surface area contributed by atoms with Gasteiger partial charge in [0.05, 0.1) is 11.6 Å². The van der Waals surface area contributed by atoms with E-state index in [1.54, 1.807) is 22.7 Å². The molecule has 0 radical (unpaired) electrons. The minimum absolute atomic E-state index is 0.00525. The maximum absolute atomic E-state index is 12.5. The van der Waals surface area contributed by atoms with Crippen LogP contribution < -0.4 is 0 Å². The molecule has 4 rings (SSSR count). The standard InChI is InChI=1S/C18H23N5O3S/c1-12(24)23(8-6-16-20-17(26-21-16)13-3-2-4-13)14-5-7-22(9-14)18(25)15-10-27-11-19-15/h10-11,13-14H,2-9H2,1H3. The monoisotopic (exact) mass is 389 g/mol. The van der Waals surface area contributed by atoms with Crippen LogP contribution in [0.5, 0.6) is 0 Å². The van der Waals surface area contributed by atoms with Gasteiger partial charge in [0.2, 0.25) is 11.8 Å². The van der Waals surface area contributed by atoms with Crippen LogP contribution in [-0.2, 0) is 11.2 Å². The SMILES string of the molecule is CC(=O)N(CCc1noc(C2CCC2)n1)C1CCN(C(=O)c2cscn2)C1. The van der Waals surface area contributed by atoms with Crippen LogP contribution >= 0.6 is 11.3 Å². The zero-order chi connectivity index (χ0) is 18.8. The number of hydrogen-bond donors (Lipinski definition) is 0. The largest absolute Gasteiger partial charge is 0.339 e. The molecule has 9 heteroatoms. The fraction of sp³-hybridized carbons (Fsp3) is 0.611. The molecular weight excluding hydrogens is 366 g/mol. The Morgan fingerprint density at radius 1 is 1.37 bits per heavy atom. The third-order valence-electron chi connectivity index (χ3n) is 5.46. The maximum Gasteiger partial charge on any atom is 0.273 e. The zero-order valence-corrected chi connectivity index (χ0v) is 16.2. The molecule has 2 fully saturated rings. The average Bonchev–Trinajstić information content (AvgIpc) is 3.35. The highest BCUT2D eigenvalue weighted by atomic mass is 32.1. The molecule has 0 bridgehead atoms. The van der Waals surface area contributed by atoms with Gasteiger partial charge in [-0.3, -0.25) is 9.59 Å². The van der Waals surface area contributed by atoms with E-state index in [9.17, 15) is 9.59 Å². The molecule has 1 aliphatic carbocycles. The molecule has 1 unspecified atom stereocenters. The summed E-state index contributed by atoms with van der Waals surface area (Å²) in [5.74, 6) is 1.73. The van der Waals surface area contributed by atoms with Crippen molar-refractivity contribution < 1.29 is 14.1 Å². The first-order valence-electron chi connectivity index (χ1n) is 9.39. The molecular formula is C18H23N5O3S. The summed E-state index contributed by atoms with van der Waals surface area (Å²) in [5, 5.41) is 5.82. The minimum atomic E-state index is -0.0643. The van der Waals surface area contributed by atoms with Gasteiger partial charge in [0.25, 0.3) is 5.91 Å². The van der Waals surface area contributed by atoms with E-state index in [-0.39, 0.29) is 17.9 Å². The number of thiazole rings is 1. The lowest BCUT2D eigenvalue weighted by Gasteiger charge is -2.27. The Kier molecular flexibility index (Phi) is 5.20. The second kappa shape index (κ2) is 7.75. The predicted octanol–water partition coefficient (Wildman–Crippen LogP) is 2.10. The van der Waals surface area contributed by atoms with E-state index in [0.29, 0.717) is 43.5 Å². The van der Waals surface area contributed by atoms with Crippen molar-refractivity contribution >= 4 is 23.2 Å². The first-order valence-corrected chi connectivity index (χ1v) is 10.3. The van der Waals surface area contributed by atoms with E-state index < -0.39 is 0 Å². The van der Waals surface area contributed by atoms with Crippen LogP contribution in [0.2, 0.25) is 0 Å². The van der Waals surface area contributed by atoms with Crippen LogP contribution in [0.1, 0.15) is 60.7 Å². The van der Waals surface area contributed by atoms with Crippen LogP contribution in [0.25, 0.3) is 0 Å². The summed E-state index contributed by atoms with van der Waals surface area (Å²) in [5.41, 5.74) is 2.14. The molecule has 2 aromatic rings. The Morgan fingerprint density at radius 3 is 2.89 bits per heavy atom. The highest BCUT2D eigenvalue weighted by Gasteiger charge is 2.33. The van der Waals surface area contributed by atoms with E-state index in [4.69, 9.17) is 4.52 Å². The fourth-order valence-electron chi connectivity index (χ4n) is 3.67. The summed E-state index contributed by atoms with van der Waals surface area (Å²) in [4.78, 5) is 36.8. The van der Waals surface area contributed by atoms with Crippen molar-refractivity contribution in [1.29, 1.82) is 0 Å². The number of aromatic nitrogens is 3. The summed E-state index contributed by atoms with van der Waals surface area (Å²) in [6.45, 7) is 3.28. The Hall–Kier alpha value is -2.29. The molecule has 1 saturated carbocycles. The molecule has 0 spiro atoms. The van der Waals surface area contributed by atoms with Crippen molar-refractivity contribution in [3.05, 3.63) is 28.3 Å². The average molecular weight is 389 g/mol. The lowest BCUT2D eigenvalue weighted by molar-refractivity contribution is -0.130. The molecule has 0 aromatic carbocycles. The fourth-order valence-corrected chi connectivity index (χ4v) is 4.19. The molecule has 1 saturated heterocycles. The van der Waals surface area contributed by atoms with Gasteiger partial charge in [-0.1, -0.05) is 11.6 Å². The van der Waals surface area contributed by atoms with Crippen LogP contribution in [0.3, 0.4) is 0 Å². The van der Waals surface area contributed by atoms with Crippen molar-refractivity contribution in [2.75, 3.05) is 19.6 Å². The molecule has 27 heavy (non-hydrogen) atoms. The van der Waals surface area contributed by atoms with Gasteiger partial charge in [0.1, 0.15) is 5.69 Å². The van der Waals surface area contributed by atoms with Gasteiger partial charge in [-0.15, -0.1) is 11.3 Å². The van der Waals surface area contributed by atoms with Gasteiger partial charge in [-0.2, -0.15) is 4.98 Å². The molecule has 144 valence electrons. The summed E-state index contributed by atoms with van der Waals surface area (Å²) in [6, 6.07) is 0.0167. The molecule has 2 aromatic heterocycles. The number of amides is 2. The number of hydrogen-bond acceptors (Lipinski definition) is 7. The van der Waals surface area contributed by atoms with E-state index in [1.165, 1.54) is 17.8 Å². The highest BCUT2D eigenvalue weighted by Crippen LogP contribution is 2.35. The van der Waals surface area contributed by atoms with Crippen LogP contribution in [0.4, 0.5) is 0 Å². The Labute approximate surface area is 161 Å². The van der Waals surface area contributed by atoms with E-state index >= 15 is 0 Å². The van der Waals surface area contributed by atoms with E-state index in [0.717, 1.165) is 25.2 Å². The van der Waals surface area contributed by atoms with Crippen molar-refractivity contribution in [2.45, 2.75) is 51.0 Å². The summed E-state index contributed by atoms with van der Waals surface area (Å²) in [6.07, 6.45) is 4.79. The first-order chi connectivity index (χ1) is 13.1. The van der Waals surface area contributed by atoms with E-state index in [2.05, 4.69) is 15.1 Å². The number of nitrogens with zero attached hydrogens (tertiary/aromatic N) is 5. The van der Waals surface area contributed by atoms with Gasteiger partial charge in [0.15, 0.2) is 5.82 Å². The molecule has 1 aliphatic heterocycles. The topological polar surface area (TPSA) is 92.4 Å². The molecule has 2 aliphatic rings. The van der Waals surface area contributed by atoms with Crippen LogP contribution in [-0.4, -0.2) is 62.4 Å².